The molecule has 1 saturated heterocycles. The highest BCUT2D eigenvalue weighted by atomic mass is 32.2. The smallest absolute Gasteiger partial charge is 0.218 e. The molecule has 0 aromatic heterocycles. The van der Waals surface area contributed by atoms with E-state index in [-0.39, 0.29) is 11.9 Å². The number of nitrogens with zero attached hydrogens (tertiary/aromatic N) is 1. The zero-order valence-electron chi connectivity index (χ0n) is 12.7. The minimum atomic E-state index is -3.28. The molecule has 1 fully saturated rings. The lowest BCUT2D eigenvalue weighted by atomic mass is 10.1. The first-order valence-electron chi connectivity index (χ1n) is 7.33. The van der Waals surface area contributed by atoms with Crippen molar-refractivity contribution in [3.63, 3.8) is 0 Å². The zero-order chi connectivity index (χ0) is 15.3. The quantitative estimate of drug-likeness (QED) is 0.891. The van der Waals surface area contributed by atoms with Crippen molar-refractivity contribution in [1.82, 2.24) is 9.62 Å². The van der Waals surface area contributed by atoms with Gasteiger partial charge in [0.15, 0.2) is 0 Å². The van der Waals surface area contributed by atoms with Crippen LogP contribution in [0.4, 0.5) is 0 Å². The monoisotopic (exact) mass is 312 g/mol. The fraction of sp³-hybridized carbons (Fsp3) is 0.600. The van der Waals surface area contributed by atoms with E-state index in [0.29, 0.717) is 19.7 Å². The van der Waals surface area contributed by atoms with Gasteiger partial charge in [-0.25, -0.2) is 8.42 Å². The van der Waals surface area contributed by atoms with Crippen LogP contribution in [0.25, 0.3) is 0 Å². The Morgan fingerprint density at radius 3 is 2.62 bits per heavy atom. The van der Waals surface area contributed by atoms with Gasteiger partial charge in [-0.3, -0.25) is 0 Å². The van der Waals surface area contributed by atoms with Gasteiger partial charge in [-0.15, -0.1) is 0 Å². The van der Waals surface area contributed by atoms with E-state index in [1.165, 1.54) is 0 Å². The predicted octanol–water partition coefficient (Wildman–Crippen LogP) is 1.35. The summed E-state index contributed by atoms with van der Waals surface area (Å²) in [7, 11) is -1.39. The zero-order valence-corrected chi connectivity index (χ0v) is 13.5. The maximum atomic E-state index is 12.5. The number of ether oxygens (including phenoxy) is 1. The van der Waals surface area contributed by atoms with E-state index >= 15 is 0 Å². The SMILES string of the molecule is CNCc1ccc(CS(=O)(=O)N2CCCOC(C)C2)cc1. The van der Waals surface area contributed by atoms with Gasteiger partial charge in [0, 0.05) is 26.2 Å². The summed E-state index contributed by atoms with van der Waals surface area (Å²) in [4.78, 5) is 0. The van der Waals surface area contributed by atoms with Crippen LogP contribution in [0.1, 0.15) is 24.5 Å². The molecule has 1 unspecified atom stereocenters. The van der Waals surface area contributed by atoms with Crippen molar-refractivity contribution in [2.45, 2.75) is 31.7 Å². The Hall–Kier alpha value is -0.950. The lowest BCUT2D eigenvalue weighted by Crippen LogP contribution is -2.36. The van der Waals surface area contributed by atoms with Gasteiger partial charge in [0.2, 0.25) is 10.0 Å². The average molecular weight is 312 g/mol. The molecule has 1 aliphatic heterocycles. The topological polar surface area (TPSA) is 58.6 Å². The van der Waals surface area contributed by atoms with Gasteiger partial charge in [0.25, 0.3) is 0 Å². The summed E-state index contributed by atoms with van der Waals surface area (Å²) in [5.41, 5.74) is 1.98. The van der Waals surface area contributed by atoms with Crippen LogP contribution in [0, 0.1) is 0 Å². The molecule has 0 saturated carbocycles. The molecular weight excluding hydrogens is 288 g/mol. The molecular formula is C15H24N2O3S. The Bertz CT molecular complexity index is 543. The van der Waals surface area contributed by atoms with Gasteiger partial charge in [0.1, 0.15) is 0 Å². The molecule has 1 heterocycles. The molecule has 1 N–H and O–H groups in total. The molecule has 1 aliphatic rings. The van der Waals surface area contributed by atoms with E-state index in [0.717, 1.165) is 24.1 Å². The number of hydrogen-bond donors (Lipinski definition) is 1. The Balaban J connectivity index is 2.05. The maximum absolute atomic E-state index is 12.5. The van der Waals surface area contributed by atoms with Crippen molar-refractivity contribution in [2.24, 2.45) is 0 Å². The lowest BCUT2D eigenvalue weighted by molar-refractivity contribution is 0.0752. The standard InChI is InChI=1S/C15H24N2O3S/c1-13-11-17(8-3-9-20-13)21(18,19)12-15-6-4-14(5-7-15)10-16-2/h4-7,13,16H,3,8-12H2,1-2H3. The fourth-order valence-corrected chi connectivity index (χ4v) is 4.11. The number of nitrogens with one attached hydrogen (secondary N) is 1. The van der Waals surface area contributed by atoms with E-state index in [2.05, 4.69) is 5.32 Å². The third-order valence-electron chi connectivity index (χ3n) is 3.56. The summed E-state index contributed by atoms with van der Waals surface area (Å²) in [5, 5.41) is 3.07. The van der Waals surface area contributed by atoms with Crippen LogP contribution in [0.3, 0.4) is 0 Å². The Morgan fingerprint density at radius 2 is 1.95 bits per heavy atom. The van der Waals surface area contributed by atoms with E-state index in [1.807, 2.05) is 38.2 Å². The molecule has 21 heavy (non-hydrogen) atoms. The molecule has 1 atom stereocenters. The number of rotatable bonds is 5. The van der Waals surface area contributed by atoms with Crippen molar-refractivity contribution < 1.29 is 13.2 Å². The second kappa shape index (κ2) is 7.35. The Kier molecular flexibility index (Phi) is 5.75. The second-order valence-electron chi connectivity index (χ2n) is 5.50. The van der Waals surface area contributed by atoms with E-state index in [1.54, 1.807) is 4.31 Å². The highest BCUT2D eigenvalue weighted by Crippen LogP contribution is 2.16. The first-order valence-corrected chi connectivity index (χ1v) is 8.94. The summed E-state index contributed by atoms with van der Waals surface area (Å²) >= 11 is 0. The molecule has 0 amide bonds. The first-order chi connectivity index (χ1) is 10.0. The first kappa shape index (κ1) is 16.4. The Labute approximate surface area is 127 Å². The third-order valence-corrected chi connectivity index (χ3v) is 5.38. The van der Waals surface area contributed by atoms with Crippen LogP contribution < -0.4 is 5.32 Å². The van der Waals surface area contributed by atoms with Crippen LogP contribution in [0.2, 0.25) is 0 Å². The molecule has 1 aromatic carbocycles. The van der Waals surface area contributed by atoms with E-state index in [4.69, 9.17) is 4.74 Å². The summed E-state index contributed by atoms with van der Waals surface area (Å²) < 4.78 is 32.1. The van der Waals surface area contributed by atoms with Crippen molar-refractivity contribution in [3.8, 4) is 0 Å². The molecule has 6 heteroatoms. The molecule has 0 aliphatic carbocycles. The molecule has 0 spiro atoms. The van der Waals surface area contributed by atoms with Crippen molar-refractivity contribution >= 4 is 10.0 Å². The average Bonchev–Trinajstić information content (AvgIpc) is 2.66. The minimum Gasteiger partial charge on any atom is -0.377 e. The van der Waals surface area contributed by atoms with Crippen LogP contribution in [-0.4, -0.2) is 45.6 Å². The largest absolute Gasteiger partial charge is 0.377 e. The van der Waals surface area contributed by atoms with Crippen LogP contribution >= 0.6 is 0 Å². The molecule has 0 radical (unpaired) electrons. The molecule has 5 nitrogen and oxygen atoms in total. The summed E-state index contributed by atoms with van der Waals surface area (Å²) in [6.45, 7) is 4.32. The lowest BCUT2D eigenvalue weighted by Gasteiger charge is -2.21. The van der Waals surface area contributed by atoms with Crippen LogP contribution in [0.15, 0.2) is 24.3 Å². The van der Waals surface area contributed by atoms with Gasteiger partial charge in [-0.05, 0) is 31.5 Å². The summed E-state index contributed by atoms with van der Waals surface area (Å²) in [6, 6.07) is 7.72. The van der Waals surface area contributed by atoms with Crippen molar-refractivity contribution in [2.75, 3.05) is 26.7 Å². The molecule has 1 aromatic rings. The second-order valence-corrected chi connectivity index (χ2v) is 7.46. The van der Waals surface area contributed by atoms with Gasteiger partial charge >= 0.3 is 0 Å². The van der Waals surface area contributed by atoms with Gasteiger partial charge in [0.05, 0.1) is 11.9 Å². The highest BCUT2D eigenvalue weighted by Gasteiger charge is 2.26. The molecule has 2 rings (SSSR count). The normalized spacial score (nSPS) is 21.1. The molecule has 118 valence electrons. The Morgan fingerprint density at radius 1 is 1.29 bits per heavy atom. The minimum absolute atomic E-state index is 0.0414. The van der Waals surface area contributed by atoms with Crippen molar-refractivity contribution in [1.29, 1.82) is 0 Å². The number of hydrogen-bond acceptors (Lipinski definition) is 4. The predicted molar refractivity (Wildman–Crippen MR) is 83.4 cm³/mol. The van der Waals surface area contributed by atoms with Crippen LogP contribution in [0.5, 0.6) is 0 Å². The van der Waals surface area contributed by atoms with E-state index < -0.39 is 10.0 Å². The summed E-state index contributed by atoms with van der Waals surface area (Å²) in [6.07, 6.45) is 0.713. The summed E-state index contributed by atoms with van der Waals surface area (Å²) in [5.74, 6) is 0.0551. The van der Waals surface area contributed by atoms with Crippen LogP contribution in [-0.2, 0) is 27.1 Å². The van der Waals surface area contributed by atoms with Crippen molar-refractivity contribution in [3.05, 3.63) is 35.4 Å². The number of benzene rings is 1. The highest BCUT2D eigenvalue weighted by molar-refractivity contribution is 7.88. The van der Waals surface area contributed by atoms with Gasteiger partial charge < -0.3 is 10.1 Å². The molecule has 0 bridgehead atoms. The van der Waals surface area contributed by atoms with E-state index in [9.17, 15) is 8.42 Å². The van der Waals surface area contributed by atoms with Gasteiger partial charge in [-0.1, -0.05) is 24.3 Å². The number of sulfonamides is 1. The maximum Gasteiger partial charge on any atom is 0.218 e. The third kappa shape index (κ3) is 4.78. The van der Waals surface area contributed by atoms with Gasteiger partial charge in [-0.2, -0.15) is 4.31 Å². The fourth-order valence-electron chi connectivity index (χ4n) is 2.47.